The molecule has 12 heteroatoms. The van der Waals surface area contributed by atoms with Crippen molar-refractivity contribution >= 4 is 23.7 Å². The molecule has 38 heavy (non-hydrogen) atoms. The van der Waals surface area contributed by atoms with E-state index in [9.17, 15) is 29.7 Å². The van der Waals surface area contributed by atoms with Crippen LogP contribution in [0.2, 0.25) is 0 Å². The smallest absolute Gasteiger partial charge is 0.246 e. The van der Waals surface area contributed by atoms with Crippen LogP contribution in [0.4, 0.5) is 0 Å². The first-order valence-corrected chi connectivity index (χ1v) is 13.1. The summed E-state index contributed by atoms with van der Waals surface area (Å²) in [6.45, 7) is 1.40. The molecule has 2 fully saturated rings. The lowest BCUT2D eigenvalue weighted by molar-refractivity contribution is -0.144. The van der Waals surface area contributed by atoms with E-state index in [0.717, 1.165) is 5.56 Å². The molecule has 0 radical (unpaired) electrons. The molecular weight excluding hydrogens is 492 g/mol. The Bertz CT molecular complexity index is 998. The number of phenolic OH excluding ortho intramolecular Hbond substituents is 1. The average Bonchev–Trinajstić information content (AvgIpc) is 3.24. The number of guanidine groups is 1. The van der Waals surface area contributed by atoms with E-state index < -0.39 is 30.1 Å². The van der Waals surface area contributed by atoms with Crippen LogP contribution >= 0.6 is 0 Å². The predicted octanol–water partition coefficient (Wildman–Crippen LogP) is -0.899. The molecule has 1 aromatic carbocycles. The van der Waals surface area contributed by atoms with Crippen molar-refractivity contribution in [2.24, 2.45) is 22.4 Å². The molecule has 0 aromatic heterocycles. The molecule has 1 aromatic rings. The molecule has 0 bridgehead atoms. The van der Waals surface area contributed by atoms with Gasteiger partial charge in [0.25, 0.3) is 0 Å². The van der Waals surface area contributed by atoms with Gasteiger partial charge in [0.2, 0.25) is 17.7 Å². The molecular formula is C26H40N6O6. The molecule has 1 saturated carbocycles. The normalized spacial score (nSPS) is 24.1. The maximum absolute atomic E-state index is 14.0. The summed E-state index contributed by atoms with van der Waals surface area (Å²) in [5.41, 5.74) is 11.4. The number of aromatic hydroxyl groups is 1. The van der Waals surface area contributed by atoms with E-state index in [2.05, 4.69) is 15.6 Å². The fourth-order valence-corrected chi connectivity index (χ4v) is 5.53. The molecule has 3 amide bonds. The van der Waals surface area contributed by atoms with Gasteiger partial charge in [-0.1, -0.05) is 12.1 Å². The largest absolute Gasteiger partial charge is 0.508 e. The van der Waals surface area contributed by atoms with E-state index in [4.69, 9.17) is 11.5 Å². The number of nitrogens with zero attached hydrogens (tertiary/aromatic N) is 2. The summed E-state index contributed by atoms with van der Waals surface area (Å²) in [4.78, 5) is 44.9. The number of nitrogens with two attached hydrogens (primary N) is 2. The van der Waals surface area contributed by atoms with Crippen molar-refractivity contribution in [2.75, 3.05) is 13.2 Å². The van der Waals surface area contributed by atoms with Gasteiger partial charge >= 0.3 is 0 Å². The van der Waals surface area contributed by atoms with Crippen molar-refractivity contribution in [3.05, 3.63) is 29.8 Å². The van der Waals surface area contributed by atoms with Crippen molar-refractivity contribution in [3.8, 4) is 5.75 Å². The summed E-state index contributed by atoms with van der Waals surface area (Å²) >= 11 is 0. The summed E-state index contributed by atoms with van der Waals surface area (Å²) in [6, 6.07) is 3.75. The van der Waals surface area contributed by atoms with Gasteiger partial charge in [-0.3, -0.25) is 19.4 Å². The first-order chi connectivity index (χ1) is 18.1. The van der Waals surface area contributed by atoms with Gasteiger partial charge in [0.15, 0.2) is 5.96 Å². The van der Waals surface area contributed by atoms with E-state index in [-0.39, 0.29) is 48.5 Å². The molecule has 0 spiro atoms. The van der Waals surface area contributed by atoms with E-state index in [1.807, 2.05) is 0 Å². The number of phenols is 1. The number of aliphatic hydroxyl groups excluding tert-OH is 2. The fraction of sp³-hybridized carbons (Fsp3) is 0.615. The van der Waals surface area contributed by atoms with Crippen molar-refractivity contribution < 1.29 is 29.7 Å². The number of fused-ring (bicyclic) bond motifs is 1. The number of likely N-dealkylation sites (tertiary alicyclic amines) is 1. The molecule has 1 saturated heterocycles. The van der Waals surface area contributed by atoms with Gasteiger partial charge in [0.05, 0.1) is 18.8 Å². The molecule has 6 atom stereocenters. The average molecular weight is 533 g/mol. The zero-order chi connectivity index (χ0) is 27.8. The second kappa shape index (κ2) is 13.4. The van der Waals surface area contributed by atoms with Gasteiger partial charge in [-0.25, -0.2) is 0 Å². The number of hydrogen-bond acceptors (Lipinski definition) is 7. The Morgan fingerprint density at radius 3 is 2.47 bits per heavy atom. The third-order valence-corrected chi connectivity index (χ3v) is 7.33. The highest BCUT2D eigenvalue weighted by Crippen LogP contribution is 2.40. The van der Waals surface area contributed by atoms with Crippen molar-refractivity contribution in [1.29, 1.82) is 0 Å². The topological polar surface area (TPSA) is 204 Å². The van der Waals surface area contributed by atoms with Crippen molar-refractivity contribution in [3.63, 3.8) is 0 Å². The number of carbonyl (C=O) groups excluding carboxylic acids is 3. The van der Waals surface area contributed by atoms with Crippen LogP contribution in [-0.2, 0) is 20.8 Å². The predicted molar refractivity (Wildman–Crippen MR) is 141 cm³/mol. The molecule has 210 valence electrons. The number of hydrogen-bond donors (Lipinski definition) is 7. The lowest BCUT2D eigenvalue weighted by Crippen LogP contribution is -2.58. The van der Waals surface area contributed by atoms with Gasteiger partial charge in [-0.05, 0) is 62.1 Å². The summed E-state index contributed by atoms with van der Waals surface area (Å²) in [5, 5.41) is 35.4. The van der Waals surface area contributed by atoms with Crippen LogP contribution in [0.1, 0.15) is 51.0 Å². The summed E-state index contributed by atoms with van der Waals surface area (Å²) in [5.74, 6) is -1.07. The van der Waals surface area contributed by atoms with Crippen LogP contribution in [0.3, 0.4) is 0 Å². The maximum atomic E-state index is 14.0. The summed E-state index contributed by atoms with van der Waals surface area (Å²) < 4.78 is 0. The standard InChI is InChI=1S/C26H40N6O6/c1-15(34)30-21(11-16-4-7-19(35)8-5-16)25(38)32-22-13-20(36)9-6-17(22)12-23(32)24(37)31-18(14-33)3-2-10-29-26(27)28/h4-5,7-8,17-18,20-23,33,35-36H,2-3,6,9-14H2,1H3,(H,30,34)(H,31,37)(H4,27,28,29)/t17-,18+,20+,21-,22-,23-/m0/s1. The number of amides is 3. The Morgan fingerprint density at radius 2 is 1.84 bits per heavy atom. The third kappa shape index (κ3) is 7.81. The van der Waals surface area contributed by atoms with Gasteiger partial charge in [-0.2, -0.15) is 0 Å². The molecule has 2 aliphatic rings. The van der Waals surface area contributed by atoms with Crippen LogP contribution in [0, 0.1) is 5.92 Å². The van der Waals surface area contributed by atoms with Gasteiger partial charge < -0.3 is 42.3 Å². The lowest BCUT2D eigenvalue weighted by atomic mass is 9.83. The number of nitrogens with one attached hydrogen (secondary N) is 2. The Kier molecular flexibility index (Phi) is 10.3. The van der Waals surface area contributed by atoms with E-state index >= 15 is 0 Å². The second-order valence-corrected chi connectivity index (χ2v) is 10.3. The van der Waals surface area contributed by atoms with Crippen molar-refractivity contribution in [1.82, 2.24) is 15.5 Å². The van der Waals surface area contributed by atoms with E-state index in [1.165, 1.54) is 24.0 Å². The van der Waals surface area contributed by atoms with Gasteiger partial charge in [0, 0.05) is 25.9 Å². The second-order valence-electron chi connectivity index (χ2n) is 10.3. The minimum absolute atomic E-state index is 0.0273. The minimum atomic E-state index is -0.932. The van der Waals surface area contributed by atoms with Gasteiger partial charge in [0.1, 0.15) is 17.8 Å². The highest BCUT2D eigenvalue weighted by atomic mass is 16.3. The first kappa shape index (κ1) is 29.2. The highest BCUT2D eigenvalue weighted by molar-refractivity contribution is 5.93. The fourth-order valence-electron chi connectivity index (χ4n) is 5.53. The zero-order valence-corrected chi connectivity index (χ0v) is 21.8. The minimum Gasteiger partial charge on any atom is -0.508 e. The number of aliphatic imine (C=N–C) groups is 1. The molecule has 9 N–H and O–H groups in total. The monoisotopic (exact) mass is 532 g/mol. The van der Waals surface area contributed by atoms with Crippen molar-refractivity contribution in [2.45, 2.75) is 82.1 Å². The Hall–Kier alpha value is -3.38. The van der Waals surface area contributed by atoms with Crippen LogP contribution in [0.5, 0.6) is 5.75 Å². The number of aliphatic hydroxyl groups is 2. The number of carbonyl (C=O) groups is 3. The summed E-state index contributed by atoms with van der Waals surface area (Å²) in [7, 11) is 0. The summed E-state index contributed by atoms with van der Waals surface area (Å²) in [6.07, 6.45) is 2.67. The molecule has 1 heterocycles. The van der Waals surface area contributed by atoms with Crippen LogP contribution in [0.15, 0.2) is 29.3 Å². The number of benzene rings is 1. The van der Waals surface area contributed by atoms with Crippen LogP contribution in [0.25, 0.3) is 0 Å². The Labute approximate surface area is 222 Å². The zero-order valence-electron chi connectivity index (χ0n) is 21.8. The van der Waals surface area contributed by atoms with Crippen LogP contribution in [-0.4, -0.2) is 87.3 Å². The molecule has 3 rings (SSSR count). The molecule has 1 aliphatic heterocycles. The third-order valence-electron chi connectivity index (χ3n) is 7.33. The molecule has 0 unspecified atom stereocenters. The molecule has 12 nitrogen and oxygen atoms in total. The SMILES string of the molecule is CC(=O)N[C@@H](Cc1ccc(O)cc1)C(=O)N1[C@H](C(=O)N[C@@H](CO)CCCN=C(N)N)C[C@@H]2CC[C@@H](O)C[C@@H]21. The lowest BCUT2D eigenvalue weighted by Gasteiger charge is -2.37. The maximum Gasteiger partial charge on any atom is 0.246 e. The quantitative estimate of drug-likeness (QED) is 0.108. The number of rotatable bonds is 11. The Morgan fingerprint density at radius 1 is 1.13 bits per heavy atom. The highest BCUT2D eigenvalue weighted by Gasteiger charge is 2.50. The van der Waals surface area contributed by atoms with Crippen LogP contribution < -0.4 is 22.1 Å². The van der Waals surface area contributed by atoms with E-state index in [1.54, 1.807) is 12.1 Å². The molecule has 1 aliphatic carbocycles. The first-order valence-electron chi connectivity index (χ1n) is 13.1. The van der Waals surface area contributed by atoms with Gasteiger partial charge in [-0.15, -0.1) is 0 Å². The van der Waals surface area contributed by atoms with E-state index in [0.29, 0.717) is 45.1 Å². The Balaban J connectivity index is 1.81.